The van der Waals surface area contributed by atoms with Gasteiger partial charge < -0.3 is 18.3 Å². The molecule has 0 bridgehead atoms. The highest BCUT2D eigenvalue weighted by atomic mass is 15.1. The van der Waals surface area contributed by atoms with Crippen molar-refractivity contribution < 1.29 is 0 Å². The lowest BCUT2D eigenvalue weighted by Crippen LogP contribution is -2.17. The summed E-state index contributed by atoms with van der Waals surface area (Å²) >= 11 is 0. The molecule has 9 aromatic carbocycles. The molecule has 0 unspecified atom stereocenters. The molecular weight excluding hydrogens is 1020 g/mol. The van der Waals surface area contributed by atoms with Crippen LogP contribution in [-0.4, -0.2) is 18.3 Å². The van der Waals surface area contributed by atoms with Gasteiger partial charge in [-0.2, -0.15) is 5.26 Å². The number of rotatable bonds is 4. The van der Waals surface area contributed by atoms with Gasteiger partial charge >= 0.3 is 0 Å². The maximum atomic E-state index is 11.4. The molecule has 0 saturated heterocycles. The second-order valence-electron chi connectivity index (χ2n) is 30.4. The van der Waals surface area contributed by atoms with Gasteiger partial charge in [0.05, 0.1) is 61.1 Å². The number of hydrogen-bond acceptors (Lipinski definition) is 1. The molecule has 4 aromatic heterocycles. The van der Waals surface area contributed by atoms with Crippen molar-refractivity contribution in [2.45, 2.75) is 157 Å². The third-order valence-electron chi connectivity index (χ3n) is 18.3. The van der Waals surface area contributed by atoms with E-state index in [0.29, 0.717) is 5.56 Å². The summed E-state index contributed by atoms with van der Waals surface area (Å²) in [6.07, 6.45) is 0. The molecule has 0 atom stereocenters. The van der Waals surface area contributed by atoms with E-state index in [-0.39, 0.29) is 32.5 Å². The van der Waals surface area contributed by atoms with E-state index >= 15 is 0 Å². The lowest BCUT2D eigenvalue weighted by Gasteiger charge is -2.27. The summed E-state index contributed by atoms with van der Waals surface area (Å²) in [5.41, 5.74) is 21.1. The summed E-state index contributed by atoms with van der Waals surface area (Å²) in [5, 5.41) is 21.0. The Morgan fingerprint density at radius 2 is 0.655 bits per heavy atom. The predicted molar refractivity (Wildman–Crippen MR) is 361 cm³/mol. The molecule has 0 aliphatic rings. The number of aromatic nitrogens is 4. The minimum atomic E-state index is -0.133. The first-order chi connectivity index (χ1) is 39.4. The minimum Gasteiger partial charge on any atom is -0.309 e. The zero-order chi connectivity index (χ0) is 59.7. The Bertz CT molecular complexity index is 4810. The fraction of sp³-hybridized carbons (Fsp3) is 0.304. The lowest BCUT2D eigenvalue weighted by atomic mass is 9.80. The molecule has 13 aromatic rings. The molecule has 0 amide bonds. The quantitative estimate of drug-likeness (QED) is 0.173. The van der Waals surface area contributed by atoms with Crippen LogP contribution in [0.15, 0.2) is 164 Å². The normalized spacial score (nSPS) is 13.3. The van der Waals surface area contributed by atoms with Crippen molar-refractivity contribution in [2.75, 3.05) is 0 Å². The smallest absolute Gasteiger partial charge is 0.101 e. The molecule has 5 nitrogen and oxygen atoms in total. The topological polar surface area (TPSA) is 43.5 Å². The van der Waals surface area contributed by atoms with Crippen LogP contribution in [0.3, 0.4) is 0 Å². The first-order valence-electron chi connectivity index (χ1n) is 30.3. The summed E-state index contributed by atoms with van der Waals surface area (Å²) in [6, 6.07) is 65.2. The molecule has 0 fully saturated rings. The number of hydrogen-bond donors (Lipinski definition) is 0. The van der Waals surface area contributed by atoms with Crippen LogP contribution in [-0.2, 0) is 32.5 Å². The van der Waals surface area contributed by atoms with E-state index in [1.165, 1.54) is 93.3 Å². The summed E-state index contributed by atoms with van der Waals surface area (Å²) in [7, 11) is 0. The lowest BCUT2D eigenvalue weighted by molar-refractivity contribution is 0.567. The zero-order valence-electron chi connectivity index (χ0n) is 52.8. The fourth-order valence-electron chi connectivity index (χ4n) is 13.3. The van der Waals surface area contributed by atoms with E-state index in [1.807, 2.05) is 6.07 Å². The van der Waals surface area contributed by atoms with Gasteiger partial charge in [-0.3, -0.25) is 0 Å². The third-order valence-corrected chi connectivity index (χ3v) is 18.3. The summed E-state index contributed by atoms with van der Waals surface area (Å²) in [6.45, 7) is 41.8. The van der Waals surface area contributed by atoms with E-state index in [9.17, 15) is 5.26 Å². The molecule has 4 heterocycles. The highest BCUT2D eigenvalue weighted by Crippen LogP contribution is 2.49. The molecule has 0 saturated carbocycles. The molecule has 5 heteroatoms. The Morgan fingerprint density at radius 3 is 1.07 bits per heavy atom. The van der Waals surface area contributed by atoms with Crippen molar-refractivity contribution in [1.82, 2.24) is 18.3 Å². The van der Waals surface area contributed by atoms with Crippen LogP contribution >= 0.6 is 0 Å². The number of para-hydroxylation sites is 3. The van der Waals surface area contributed by atoms with Crippen LogP contribution in [0.1, 0.15) is 164 Å². The molecule has 422 valence electrons. The minimum absolute atomic E-state index is 0.0594. The number of nitrogens with zero attached hydrogens (tertiary/aromatic N) is 5. The van der Waals surface area contributed by atoms with Gasteiger partial charge in [0, 0.05) is 54.5 Å². The predicted octanol–water partition coefficient (Wildman–Crippen LogP) is 21.7. The van der Waals surface area contributed by atoms with Gasteiger partial charge in [-0.1, -0.05) is 203 Å². The maximum absolute atomic E-state index is 11.4. The van der Waals surface area contributed by atoms with Gasteiger partial charge in [-0.05, 0) is 151 Å². The Hall–Kier alpha value is -8.33. The number of nitriles is 1. The second-order valence-corrected chi connectivity index (χ2v) is 30.4. The zero-order valence-corrected chi connectivity index (χ0v) is 52.8. The van der Waals surface area contributed by atoms with Crippen molar-refractivity contribution in [1.29, 1.82) is 5.26 Å². The van der Waals surface area contributed by atoms with Crippen molar-refractivity contribution in [2.24, 2.45) is 0 Å². The Balaban J connectivity index is 1.21. The standard InChI is InChI=1S/C79H81N5/c1-74(2,3)48-30-34-64-60(44-48)61-45-49(75(4,5)6)31-35-65(61)84(64)71-47(46-80)24-23-29-68(71)83-63-28-22-20-26-59(63)70-67(83)37-33-57-56-32-36-66-69(72(56)82(73(57)70)55-42-52(78(13,14)15)39-53(43-55)79(16,17)18)58-25-19-21-27-62(58)81(66)54-40-50(76(7,8)9)38-51(41-54)77(10,11)12/h19-45H,1-18H3. The first kappa shape index (κ1) is 54.9. The van der Waals surface area contributed by atoms with Gasteiger partial charge in [0.2, 0.25) is 0 Å². The van der Waals surface area contributed by atoms with Crippen LogP contribution in [0.5, 0.6) is 0 Å². The molecular formula is C79H81N5. The third kappa shape index (κ3) is 8.52. The summed E-state index contributed by atoms with van der Waals surface area (Å²) in [4.78, 5) is 0. The van der Waals surface area contributed by atoms with Crippen molar-refractivity contribution in [3.05, 3.63) is 203 Å². The number of fused-ring (bicyclic) bond motifs is 14. The SMILES string of the molecule is CC(C)(C)c1cc(-n2c3ccccc3c3c2ccc2c4ccc5c(c6ccccc6n5-c5cccc(C#N)c5-n5c6ccc(C(C)(C)C)cc6c6cc(C(C)(C)C)ccc65)c4n(-c4cc(C(C)(C)C)cc(C(C)(C)C)c4)c23)cc(C(C)(C)C)c1. The van der Waals surface area contributed by atoms with Gasteiger partial charge in [0.1, 0.15) is 6.07 Å². The molecule has 84 heavy (non-hydrogen) atoms. The molecule has 0 radical (unpaired) electrons. The van der Waals surface area contributed by atoms with E-state index in [1.54, 1.807) is 0 Å². The molecule has 0 spiro atoms. The van der Waals surface area contributed by atoms with Crippen molar-refractivity contribution >= 4 is 87.2 Å². The van der Waals surface area contributed by atoms with Crippen LogP contribution in [0.2, 0.25) is 0 Å². The highest BCUT2D eigenvalue weighted by molar-refractivity contribution is 6.31. The molecule has 13 rings (SSSR count). The number of benzene rings is 9. The monoisotopic (exact) mass is 1100 g/mol. The van der Waals surface area contributed by atoms with Gasteiger partial charge in [0.15, 0.2) is 0 Å². The Labute approximate surface area is 496 Å². The molecule has 0 aliphatic carbocycles. The Kier molecular flexibility index (Phi) is 12.0. The second kappa shape index (κ2) is 18.3. The summed E-state index contributed by atoms with van der Waals surface area (Å²) in [5.74, 6) is 0. The fourth-order valence-corrected chi connectivity index (χ4v) is 13.3. The Morgan fingerprint density at radius 1 is 0.286 bits per heavy atom. The first-order valence-corrected chi connectivity index (χ1v) is 30.3. The van der Waals surface area contributed by atoms with E-state index in [4.69, 9.17) is 0 Å². The van der Waals surface area contributed by atoms with Gasteiger partial charge in [-0.25, -0.2) is 0 Å². The average Bonchev–Trinajstić information content (AvgIpc) is 1.60. The van der Waals surface area contributed by atoms with E-state index in [2.05, 4.69) is 307 Å². The van der Waals surface area contributed by atoms with Crippen molar-refractivity contribution in [3.8, 4) is 28.8 Å². The maximum Gasteiger partial charge on any atom is 0.101 e. The van der Waals surface area contributed by atoms with Crippen molar-refractivity contribution in [3.63, 3.8) is 0 Å². The average molecular weight is 1100 g/mol. The van der Waals surface area contributed by atoms with E-state index in [0.717, 1.165) is 50.0 Å². The van der Waals surface area contributed by atoms with Crippen LogP contribution in [0.25, 0.3) is 110 Å². The molecule has 0 N–H and O–H groups in total. The van der Waals surface area contributed by atoms with Crippen LogP contribution in [0.4, 0.5) is 0 Å². The molecule has 0 aliphatic heterocycles. The van der Waals surface area contributed by atoms with Gasteiger partial charge in [0.25, 0.3) is 0 Å². The van der Waals surface area contributed by atoms with Crippen LogP contribution in [0, 0.1) is 11.3 Å². The largest absolute Gasteiger partial charge is 0.309 e. The van der Waals surface area contributed by atoms with E-state index < -0.39 is 0 Å². The highest BCUT2D eigenvalue weighted by Gasteiger charge is 2.31. The van der Waals surface area contributed by atoms with Gasteiger partial charge in [-0.15, -0.1) is 0 Å². The van der Waals surface area contributed by atoms with Crippen LogP contribution < -0.4 is 0 Å². The summed E-state index contributed by atoms with van der Waals surface area (Å²) < 4.78 is 10.0.